The Morgan fingerprint density at radius 3 is 3.11 bits per heavy atom. The van der Waals surface area contributed by atoms with Crippen LogP contribution in [0.1, 0.15) is 11.1 Å². The molecule has 0 bridgehead atoms. The minimum absolute atomic E-state index is 0.249. The van der Waals surface area contributed by atoms with Gasteiger partial charge in [-0.2, -0.15) is 5.26 Å². The molecule has 0 radical (unpaired) electrons. The van der Waals surface area contributed by atoms with E-state index in [4.69, 9.17) is 14.7 Å². The average molecular weight is 253 g/mol. The summed E-state index contributed by atoms with van der Waals surface area (Å²) in [6.07, 6.45) is 1.65. The fourth-order valence-electron chi connectivity index (χ4n) is 1.95. The molecule has 0 saturated heterocycles. The van der Waals surface area contributed by atoms with Crippen LogP contribution in [0.2, 0.25) is 0 Å². The molecule has 0 aliphatic carbocycles. The second-order valence-electron chi connectivity index (χ2n) is 4.02. The summed E-state index contributed by atoms with van der Waals surface area (Å²) in [6, 6.07) is 11.3. The van der Waals surface area contributed by atoms with Crippen LogP contribution in [-0.4, -0.2) is 11.8 Å². The Kier molecular flexibility index (Phi) is 2.91. The Labute approximate surface area is 110 Å². The number of para-hydroxylation sites is 1. The number of fused-ring (bicyclic) bond motifs is 1. The molecule has 1 aliphatic rings. The lowest BCUT2D eigenvalue weighted by atomic mass is 10.2. The maximum Gasteiger partial charge on any atom is 0.231 e. The molecule has 1 aromatic heterocycles. The van der Waals surface area contributed by atoms with E-state index in [0.717, 1.165) is 17.1 Å². The highest BCUT2D eigenvalue weighted by Gasteiger charge is 2.17. The van der Waals surface area contributed by atoms with Crippen molar-refractivity contribution in [3.63, 3.8) is 0 Å². The van der Waals surface area contributed by atoms with Gasteiger partial charge in [-0.3, -0.25) is 0 Å². The van der Waals surface area contributed by atoms with E-state index in [0.29, 0.717) is 17.9 Å². The fraction of sp³-hybridized carbons (Fsp3) is 0.143. The number of rotatable bonds is 3. The summed E-state index contributed by atoms with van der Waals surface area (Å²) in [4.78, 5) is 4.15. The number of benzene rings is 1. The largest absolute Gasteiger partial charge is 0.454 e. The number of ether oxygens (including phenoxy) is 2. The number of nitrogens with zero attached hydrogens (tertiary/aromatic N) is 2. The molecule has 5 heteroatoms. The van der Waals surface area contributed by atoms with E-state index in [1.807, 2.05) is 18.2 Å². The maximum absolute atomic E-state index is 9.00. The number of pyridine rings is 1. The van der Waals surface area contributed by atoms with Crippen molar-refractivity contribution in [2.75, 3.05) is 12.1 Å². The average Bonchev–Trinajstić information content (AvgIpc) is 2.94. The number of aromatic nitrogens is 1. The first kappa shape index (κ1) is 11.4. The molecule has 2 heterocycles. The van der Waals surface area contributed by atoms with E-state index >= 15 is 0 Å². The molecular weight excluding hydrogens is 242 g/mol. The Morgan fingerprint density at radius 1 is 1.26 bits per heavy atom. The molecule has 0 amide bonds. The predicted octanol–water partition coefficient (Wildman–Crippen LogP) is 2.29. The topological polar surface area (TPSA) is 67.2 Å². The van der Waals surface area contributed by atoms with E-state index in [9.17, 15) is 0 Å². The van der Waals surface area contributed by atoms with Gasteiger partial charge in [0.1, 0.15) is 11.9 Å². The lowest BCUT2D eigenvalue weighted by Crippen LogP contribution is -2.04. The predicted molar refractivity (Wildman–Crippen MR) is 68.8 cm³/mol. The Bertz CT molecular complexity index is 649. The number of nitrogens with one attached hydrogen (secondary N) is 1. The summed E-state index contributed by atoms with van der Waals surface area (Å²) >= 11 is 0. The van der Waals surface area contributed by atoms with Gasteiger partial charge in [0, 0.05) is 18.3 Å². The van der Waals surface area contributed by atoms with Crippen LogP contribution in [0, 0.1) is 11.3 Å². The third-order valence-electron chi connectivity index (χ3n) is 2.85. The molecule has 19 heavy (non-hydrogen) atoms. The summed E-state index contributed by atoms with van der Waals surface area (Å²) < 4.78 is 10.7. The lowest BCUT2D eigenvalue weighted by molar-refractivity contribution is 0.173. The summed E-state index contributed by atoms with van der Waals surface area (Å²) in [5.41, 5.74) is 1.50. The van der Waals surface area contributed by atoms with Crippen molar-refractivity contribution < 1.29 is 9.47 Å². The van der Waals surface area contributed by atoms with Crippen LogP contribution >= 0.6 is 0 Å². The van der Waals surface area contributed by atoms with E-state index < -0.39 is 0 Å². The van der Waals surface area contributed by atoms with Crippen LogP contribution in [0.3, 0.4) is 0 Å². The molecule has 1 aromatic carbocycles. The molecule has 1 aliphatic heterocycles. The molecular formula is C14H11N3O2. The second-order valence-corrected chi connectivity index (χ2v) is 4.02. The Hall–Kier alpha value is -2.74. The van der Waals surface area contributed by atoms with Gasteiger partial charge < -0.3 is 14.8 Å². The first-order chi connectivity index (χ1) is 9.38. The monoisotopic (exact) mass is 253 g/mol. The zero-order chi connectivity index (χ0) is 13.1. The number of hydrogen-bond donors (Lipinski definition) is 1. The summed E-state index contributed by atoms with van der Waals surface area (Å²) in [5, 5.41) is 12.1. The summed E-state index contributed by atoms with van der Waals surface area (Å²) in [7, 11) is 0. The molecule has 0 fully saturated rings. The van der Waals surface area contributed by atoms with Gasteiger partial charge in [0.2, 0.25) is 6.79 Å². The van der Waals surface area contributed by atoms with E-state index in [1.165, 1.54) is 0 Å². The van der Waals surface area contributed by atoms with Crippen LogP contribution < -0.4 is 14.8 Å². The first-order valence-corrected chi connectivity index (χ1v) is 5.85. The second kappa shape index (κ2) is 4.86. The minimum Gasteiger partial charge on any atom is -0.454 e. The highest BCUT2D eigenvalue weighted by Crippen LogP contribution is 2.35. The summed E-state index contributed by atoms with van der Waals surface area (Å²) in [5.74, 6) is 2.08. The normalized spacial score (nSPS) is 11.9. The van der Waals surface area contributed by atoms with Gasteiger partial charge in [0.15, 0.2) is 11.5 Å². The quantitative estimate of drug-likeness (QED) is 0.909. The lowest BCUT2D eigenvalue weighted by Gasteiger charge is -2.09. The van der Waals surface area contributed by atoms with Crippen LogP contribution in [0.4, 0.5) is 5.82 Å². The third-order valence-corrected chi connectivity index (χ3v) is 2.85. The van der Waals surface area contributed by atoms with Gasteiger partial charge in [-0.1, -0.05) is 12.1 Å². The van der Waals surface area contributed by atoms with Crippen molar-refractivity contribution in [1.82, 2.24) is 4.98 Å². The zero-order valence-corrected chi connectivity index (χ0v) is 10.1. The minimum atomic E-state index is 0.249. The summed E-state index contributed by atoms with van der Waals surface area (Å²) in [6.45, 7) is 0.775. The van der Waals surface area contributed by atoms with Crippen molar-refractivity contribution in [3.05, 3.63) is 47.7 Å². The Morgan fingerprint density at radius 2 is 2.21 bits per heavy atom. The first-order valence-electron chi connectivity index (χ1n) is 5.85. The highest BCUT2D eigenvalue weighted by atomic mass is 16.7. The van der Waals surface area contributed by atoms with Gasteiger partial charge in [-0.25, -0.2) is 4.98 Å². The molecule has 0 spiro atoms. The molecule has 0 saturated carbocycles. The Balaban J connectivity index is 1.80. The van der Waals surface area contributed by atoms with Crippen molar-refractivity contribution >= 4 is 5.82 Å². The third kappa shape index (κ3) is 2.16. The van der Waals surface area contributed by atoms with Crippen molar-refractivity contribution in [2.24, 2.45) is 0 Å². The highest BCUT2D eigenvalue weighted by molar-refractivity contribution is 5.54. The molecule has 0 unspecified atom stereocenters. The van der Waals surface area contributed by atoms with Crippen molar-refractivity contribution in [3.8, 4) is 17.6 Å². The smallest absolute Gasteiger partial charge is 0.231 e. The standard InChI is InChI=1S/C14H11N3O2/c15-7-10-4-2-6-16-14(10)17-8-11-3-1-5-12-13(11)19-9-18-12/h1-6H,8-9H2,(H,16,17). The molecule has 5 nitrogen and oxygen atoms in total. The van der Waals surface area contributed by atoms with Crippen LogP contribution in [-0.2, 0) is 6.54 Å². The molecule has 3 rings (SSSR count). The maximum atomic E-state index is 9.00. The van der Waals surface area contributed by atoms with E-state index in [2.05, 4.69) is 16.4 Å². The molecule has 0 atom stereocenters. The van der Waals surface area contributed by atoms with E-state index in [-0.39, 0.29) is 6.79 Å². The fourth-order valence-corrected chi connectivity index (χ4v) is 1.95. The van der Waals surface area contributed by atoms with Crippen LogP contribution in [0.25, 0.3) is 0 Å². The molecule has 1 N–H and O–H groups in total. The van der Waals surface area contributed by atoms with Gasteiger partial charge >= 0.3 is 0 Å². The van der Waals surface area contributed by atoms with Gasteiger partial charge in [-0.15, -0.1) is 0 Å². The zero-order valence-electron chi connectivity index (χ0n) is 10.1. The number of anilines is 1. The van der Waals surface area contributed by atoms with Crippen LogP contribution in [0.5, 0.6) is 11.5 Å². The van der Waals surface area contributed by atoms with Gasteiger partial charge in [-0.05, 0) is 18.2 Å². The van der Waals surface area contributed by atoms with Gasteiger partial charge in [0.25, 0.3) is 0 Å². The number of hydrogen-bond acceptors (Lipinski definition) is 5. The van der Waals surface area contributed by atoms with Gasteiger partial charge in [0.05, 0.1) is 5.56 Å². The molecule has 94 valence electrons. The molecule has 2 aromatic rings. The van der Waals surface area contributed by atoms with Crippen molar-refractivity contribution in [1.29, 1.82) is 5.26 Å². The number of nitriles is 1. The van der Waals surface area contributed by atoms with Crippen molar-refractivity contribution in [2.45, 2.75) is 6.54 Å². The van der Waals surface area contributed by atoms with Crippen LogP contribution in [0.15, 0.2) is 36.5 Å². The van der Waals surface area contributed by atoms with E-state index in [1.54, 1.807) is 18.3 Å². The SMILES string of the molecule is N#Cc1cccnc1NCc1cccc2c1OCO2.